The van der Waals surface area contributed by atoms with E-state index < -0.39 is 5.60 Å². The third kappa shape index (κ3) is 4.13. The van der Waals surface area contributed by atoms with Crippen molar-refractivity contribution in [3.05, 3.63) is 144 Å². The summed E-state index contributed by atoms with van der Waals surface area (Å²) >= 11 is 0. The monoisotopic (exact) mass is 356 g/mol. The van der Waals surface area contributed by atoms with Crippen LogP contribution in [0.2, 0.25) is 0 Å². The normalized spacial score (nSPS) is 10.9. The molecule has 2 heteroatoms. The van der Waals surface area contributed by atoms with Crippen molar-refractivity contribution in [2.75, 3.05) is 0 Å². The first-order chi connectivity index (χ1) is 13.4. The van der Waals surface area contributed by atoms with E-state index in [-0.39, 0.29) is 18.9 Å². The second kappa shape index (κ2) is 9.58. The van der Waals surface area contributed by atoms with Gasteiger partial charge in [-0.2, -0.15) is 30.3 Å². The van der Waals surface area contributed by atoms with Crippen LogP contribution in [0.3, 0.4) is 0 Å². The molecule has 0 saturated carbocycles. The van der Waals surface area contributed by atoms with Crippen LogP contribution < -0.4 is 18.9 Å². The van der Waals surface area contributed by atoms with Gasteiger partial charge in [0.15, 0.2) is 0 Å². The molecule has 0 spiro atoms. The average molecular weight is 356 g/mol. The molecule has 0 aliphatic carbocycles. The molecule has 0 aliphatic rings. The molecule has 0 amide bonds. The van der Waals surface area contributed by atoms with E-state index in [4.69, 9.17) is 4.74 Å². The van der Waals surface area contributed by atoms with Gasteiger partial charge in [-0.05, 0) is 16.7 Å². The van der Waals surface area contributed by atoms with E-state index in [1.807, 2.05) is 42.5 Å². The molecule has 132 valence electrons. The van der Waals surface area contributed by atoms with E-state index >= 15 is 0 Å². The second-order valence-corrected chi connectivity index (χ2v) is 6.46. The maximum Gasteiger partial charge on any atom is 1.00 e. The van der Waals surface area contributed by atoms with E-state index in [2.05, 4.69) is 78.9 Å². The Kier molecular flexibility index (Phi) is 6.90. The first-order valence-corrected chi connectivity index (χ1v) is 9.16. The third-order valence-corrected chi connectivity index (χ3v) is 4.76. The standard InChI is InChI=1S/C26H21O.Li/c1-5-13-22(14-6-1)21-27-26(23-15-7-2-8-16-23,24-17-9-3-10-18-24)25-19-11-4-12-20-25;/h1-13,15-20H,21H2;/q-1;+1. The molecular formula is C26H21LiO. The van der Waals surface area contributed by atoms with E-state index in [0.717, 1.165) is 22.3 Å². The first-order valence-electron chi connectivity index (χ1n) is 9.16. The van der Waals surface area contributed by atoms with E-state index in [9.17, 15) is 0 Å². The summed E-state index contributed by atoms with van der Waals surface area (Å²) in [6.45, 7) is 0.472. The fraction of sp³-hybridized carbons (Fsp3) is 0.0769. The molecule has 0 radical (unpaired) electrons. The summed E-state index contributed by atoms with van der Waals surface area (Å²) in [7, 11) is 0. The third-order valence-electron chi connectivity index (χ3n) is 4.76. The summed E-state index contributed by atoms with van der Waals surface area (Å²) in [5.41, 5.74) is 3.67. The van der Waals surface area contributed by atoms with Crippen LogP contribution in [-0.2, 0) is 16.9 Å². The molecule has 0 aliphatic heterocycles. The van der Waals surface area contributed by atoms with Crippen LogP contribution in [0.1, 0.15) is 22.3 Å². The number of benzene rings is 4. The summed E-state index contributed by atoms with van der Waals surface area (Å²) in [4.78, 5) is 0. The maximum atomic E-state index is 6.74. The summed E-state index contributed by atoms with van der Waals surface area (Å²) in [5.74, 6) is 0. The summed E-state index contributed by atoms with van der Waals surface area (Å²) in [6, 6.07) is 42.5. The number of hydrogen-bond acceptors (Lipinski definition) is 1. The number of rotatable bonds is 6. The van der Waals surface area contributed by atoms with Crippen molar-refractivity contribution in [3.8, 4) is 0 Å². The molecule has 0 heterocycles. The predicted octanol–water partition coefficient (Wildman–Crippen LogP) is 3.00. The first kappa shape index (κ1) is 20.2. The zero-order chi connectivity index (χ0) is 18.4. The molecule has 28 heavy (non-hydrogen) atoms. The van der Waals surface area contributed by atoms with Crippen molar-refractivity contribution in [1.29, 1.82) is 0 Å². The molecule has 1 nitrogen and oxygen atoms in total. The van der Waals surface area contributed by atoms with E-state index in [0.29, 0.717) is 6.61 Å². The SMILES string of the molecule is [Li+].[c-]1ccccc1COC(c1ccccc1)(c1ccccc1)c1ccccc1. The van der Waals surface area contributed by atoms with Gasteiger partial charge in [-0.3, -0.25) is 0 Å². The van der Waals surface area contributed by atoms with Gasteiger partial charge >= 0.3 is 18.9 Å². The van der Waals surface area contributed by atoms with E-state index in [1.54, 1.807) is 0 Å². The molecular weight excluding hydrogens is 335 g/mol. The van der Waals surface area contributed by atoms with Crippen LogP contribution in [0.25, 0.3) is 0 Å². The van der Waals surface area contributed by atoms with Crippen molar-refractivity contribution < 1.29 is 23.6 Å². The minimum absolute atomic E-state index is 0. The zero-order valence-electron chi connectivity index (χ0n) is 16.1. The Hall–Kier alpha value is -2.56. The number of hydrogen-bond donors (Lipinski definition) is 0. The van der Waals surface area contributed by atoms with Gasteiger partial charge in [0.2, 0.25) is 0 Å². The van der Waals surface area contributed by atoms with Crippen molar-refractivity contribution >= 4 is 0 Å². The fourth-order valence-electron chi connectivity index (χ4n) is 3.47. The maximum absolute atomic E-state index is 6.74. The number of ether oxygens (including phenoxy) is 1. The van der Waals surface area contributed by atoms with Gasteiger partial charge in [0.1, 0.15) is 5.60 Å². The minimum Gasteiger partial charge on any atom is -0.358 e. The zero-order valence-corrected chi connectivity index (χ0v) is 16.1. The van der Waals surface area contributed by atoms with E-state index in [1.165, 1.54) is 0 Å². The van der Waals surface area contributed by atoms with Crippen molar-refractivity contribution in [2.24, 2.45) is 0 Å². The van der Waals surface area contributed by atoms with Crippen LogP contribution >= 0.6 is 0 Å². The molecule has 0 saturated heterocycles. The Labute approximate surface area is 179 Å². The molecule has 4 rings (SSSR count). The molecule has 0 atom stereocenters. The molecule has 4 aromatic carbocycles. The van der Waals surface area contributed by atoms with Gasteiger partial charge in [-0.25, -0.2) is 0 Å². The van der Waals surface area contributed by atoms with Gasteiger partial charge in [-0.15, -0.1) is 5.56 Å². The Morgan fingerprint density at radius 2 is 1.00 bits per heavy atom. The fourth-order valence-corrected chi connectivity index (χ4v) is 3.47. The predicted molar refractivity (Wildman–Crippen MR) is 109 cm³/mol. The Morgan fingerprint density at radius 1 is 0.571 bits per heavy atom. The van der Waals surface area contributed by atoms with Crippen molar-refractivity contribution in [3.63, 3.8) is 0 Å². The van der Waals surface area contributed by atoms with Crippen LogP contribution in [0, 0.1) is 6.07 Å². The Bertz CT molecular complexity index is 858. The van der Waals surface area contributed by atoms with Gasteiger partial charge in [0.25, 0.3) is 0 Å². The molecule has 0 N–H and O–H groups in total. The Balaban J connectivity index is 0.00000225. The topological polar surface area (TPSA) is 9.23 Å². The second-order valence-electron chi connectivity index (χ2n) is 6.46. The summed E-state index contributed by atoms with van der Waals surface area (Å²) < 4.78 is 6.74. The molecule has 0 bridgehead atoms. The van der Waals surface area contributed by atoms with Crippen LogP contribution in [0.15, 0.2) is 115 Å². The van der Waals surface area contributed by atoms with Gasteiger partial charge in [0.05, 0.1) is 6.61 Å². The Morgan fingerprint density at radius 3 is 1.39 bits per heavy atom. The molecule has 4 aromatic rings. The van der Waals surface area contributed by atoms with Crippen LogP contribution in [-0.4, -0.2) is 0 Å². The van der Waals surface area contributed by atoms with Gasteiger partial charge in [0, 0.05) is 0 Å². The molecule has 0 aromatic heterocycles. The quantitative estimate of drug-likeness (QED) is 0.293. The van der Waals surface area contributed by atoms with Gasteiger partial charge in [-0.1, -0.05) is 91.0 Å². The largest absolute Gasteiger partial charge is 1.00 e. The summed E-state index contributed by atoms with van der Waals surface area (Å²) in [5, 5.41) is 0. The van der Waals surface area contributed by atoms with Gasteiger partial charge < -0.3 is 4.74 Å². The van der Waals surface area contributed by atoms with Crippen LogP contribution in [0.4, 0.5) is 0 Å². The average Bonchev–Trinajstić information content (AvgIpc) is 2.77. The van der Waals surface area contributed by atoms with Crippen molar-refractivity contribution in [1.82, 2.24) is 0 Å². The minimum atomic E-state index is -0.687. The van der Waals surface area contributed by atoms with Crippen LogP contribution in [0.5, 0.6) is 0 Å². The molecule has 0 fully saturated rings. The van der Waals surface area contributed by atoms with Crippen molar-refractivity contribution in [2.45, 2.75) is 12.2 Å². The summed E-state index contributed by atoms with van der Waals surface area (Å²) in [6.07, 6.45) is 0. The molecule has 0 unspecified atom stereocenters. The smallest absolute Gasteiger partial charge is 0.358 e.